The lowest BCUT2D eigenvalue weighted by Crippen LogP contribution is -2.37. The van der Waals surface area contributed by atoms with E-state index in [0.29, 0.717) is 19.0 Å². The molecule has 0 radical (unpaired) electrons. The zero-order chi connectivity index (χ0) is 13.4. The number of benzene rings is 1. The van der Waals surface area contributed by atoms with Crippen LogP contribution in [0.1, 0.15) is 5.56 Å². The van der Waals surface area contributed by atoms with Crippen molar-refractivity contribution in [1.29, 1.82) is 0 Å². The molecule has 0 spiro atoms. The summed E-state index contributed by atoms with van der Waals surface area (Å²) in [5.41, 5.74) is 0.895. The van der Waals surface area contributed by atoms with Crippen LogP contribution in [-0.4, -0.2) is 25.8 Å². The Hall–Kier alpha value is -0.940. The summed E-state index contributed by atoms with van der Waals surface area (Å²) < 4.78 is 13.2. The summed E-state index contributed by atoms with van der Waals surface area (Å²) in [4.78, 5) is 5.06. The second-order valence-corrected chi connectivity index (χ2v) is 4.29. The van der Waals surface area contributed by atoms with Crippen LogP contribution in [0.5, 0.6) is 0 Å². The van der Waals surface area contributed by atoms with Crippen LogP contribution in [0.15, 0.2) is 28.1 Å². The number of hydrogen-bond acceptors (Lipinski definition) is 2. The summed E-state index contributed by atoms with van der Waals surface area (Å²) in [6, 6.07) is 4.75. The van der Waals surface area contributed by atoms with Gasteiger partial charge in [0.2, 0.25) is 0 Å². The van der Waals surface area contributed by atoms with Crippen LogP contribution in [-0.2, 0) is 6.54 Å². The smallest absolute Gasteiger partial charge is 0.192 e. The summed E-state index contributed by atoms with van der Waals surface area (Å²) in [7, 11) is 1.66. The number of nitrogens with zero attached hydrogens (tertiary/aromatic N) is 1. The second-order valence-electron chi connectivity index (χ2n) is 3.44. The van der Waals surface area contributed by atoms with Crippen LogP contribution in [0.4, 0.5) is 4.39 Å². The molecule has 0 amide bonds. The van der Waals surface area contributed by atoms with Gasteiger partial charge in [0.05, 0.1) is 6.54 Å². The van der Waals surface area contributed by atoms with E-state index in [1.807, 2.05) is 6.26 Å². The first-order valence-corrected chi connectivity index (χ1v) is 6.64. The quantitative estimate of drug-likeness (QED) is 0.271. The predicted molar refractivity (Wildman–Crippen MR) is 90.6 cm³/mol. The zero-order valence-electron chi connectivity index (χ0n) is 10.9. The maximum absolute atomic E-state index is 13.2. The highest BCUT2D eigenvalue weighted by molar-refractivity contribution is 14.0. The van der Waals surface area contributed by atoms with Gasteiger partial charge in [-0.15, -0.1) is 42.2 Å². The van der Waals surface area contributed by atoms with Gasteiger partial charge >= 0.3 is 0 Å². The fraction of sp³-hybridized carbons (Fsp3) is 0.308. The molecule has 0 heterocycles. The Morgan fingerprint density at radius 1 is 1.47 bits per heavy atom. The number of guanidine groups is 1. The van der Waals surface area contributed by atoms with Gasteiger partial charge in [-0.25, -0.2) is 4.39 Å². The monoisotopic (exact) mass is 393 g/mol. The average molecular weight is 393 g/mol. The van der Waals surface area contributed by atoms with Crippen molar-refractivity contribution in [1.82, 2.24) is 10.6 Å². The average Bonchev–Trinajstić information content (AvgIpc) is 2.39. The number of aliphatic imine (C=N–C) groups is 1. The lowest BCUT2D eigenvalue weighted by Gasteiger charge is -2.12. The van der Waals surface area contributed by atoms with Crippen molar-refractivity contribution in [2.75, 3.05) is 19.8 Å². The highest BCUT2D eigenvalue weighted by Gasteiger charge is 2.04. The second kappa shape index (κ2) is 9.92. The van der Waals surface area contributed by atoms with Gasteiger partial charge in [-0.2, -0.15) is 0 Å². The van der Waals surface area contributed by atoms with Crippen molar-refractivity contribution < 1.29 is 4.39 Å². The minimum absolute atomic E-state index is 0. The molecule has 1 aromatic rings. The summed E-state index contributed by atoms with van der Waals surface area (Å²) in [5.74, 6) is 2.83. The van der Waals surface area contributed by atoms with E-state index < -0.39 is 0 Å². The molecule has 0 atom stereocenters. The van der Waals surface area contributed by atoms with Crippen molar-refractivity contribution in [3.63, 3.8) is 0 Å². The van der Waals surface area contributed by atoms with Crippen molar-refractivity contribution in [2.24, 2.45) is 4.99 Å². The first-order chi connectivity index (χ1) is 8.71. The molecule has 104 valence electrons. The van der Waals surface area contributed by atoms with Gasteiger partial charge in [0.1, 0.15) is 5.82 Å². The molecule has 0 aliphatic carbocycles. The standard InChI is InChI=1S/C13H16FN3S.HI/c1-4-7-16-13(15-2)17-9-10-8-11(14)5-6-12(10)18-3;/h1,5-6,8H,7,9H2,2-3H3,(H2,15,16,17);1H. The van der Waals surface area contributed by atoms with E-state index in [1.165, 1.54) is 12.1 Å². The molecule has 0 fully saturated rings. The predicted octanol–water partition coefficient (Wildman–Crippen LogP) is 2.46. The van der Waals surface area contributed by atoms with Gasteiger partial charge < -0.3 is 10.6 Å². The molecular weight excluding hydrogens is 376 g/mol. The van der Waals surface area contributed by atoms with Gasteiger partial charge in [0.15, 0.2) is 5.96 Å². The molecule has 3 nitrogen and oxygen atoms in total. The van der Waals surface area contributed by atoms with E-state index in [0.717, 1.165) is 10.5 Å². The molecule has 0 saturated carbocycles. The summed E-state index contributed by atoms with van der Waals surface area (Å²) in [6.45, 7) is 0.899. The lowest BCUT2D eigenvalue weighted by atomic mass is 10.2. The maximum atomic E-state index is 13.2. The van der Waals surface area contributed by atoms with E-state index in [9.17, 15) is 4.39 Å². The highest BCUT2D eigenvalue weighted by Crippen LogP contribution is 2.20. The van der Waals surface area contributed by atoms with Crippen molar-refractivity contribution >= 4 is 41.7 Å². The molecular formula is C13H17FIN3S. The Balaban J connectivity index is 0.00000324. The zero-order valence-corrected chi connectivity index (χ0v) is 14.0. The van der Waals surface area contributed by atoms with Crippen LogP contribution in [0, 0.1) is 18.2 Å². The van der Waals surface area contributed by atoms with Crippen LogP contribution in [0.25, 0.3) is 0 Å². The molecule has 0 bridgehead atoms. The Morgan fingerprint density at radius 3 is 2.79 bits per heavy atom. The van der Waals surface area contributed by atoms with Gasteiger partial charge in [0.25, 0.3) is 0 Å². The van der Waals surface area contributed by atoms with Crippen molar-refractivity contribution in [3.8, 4) is 12.3 Å². The molecule has 0 saturated heterocycles. The number of nitrogens with one attached hydrogen (secondary N) is 2. The van der Waals surface area contributed by atoms with E-state index in [2.05, 4.69) is 21.5 Å². The Bertz CT molecular complexity index is 471. The van der Waals surface area contributed by atoms with Crippen LogP contribution < -0.4 is 10.6 Å². The summed E-state index contributed by atoms with van der Waals surface area (Å²) in [6.07, 6.45) is 7.12. The molecule has 1 rings (SSSR count). The molecule has 19 heavy (non-hydrogen) atoms. The summed E-state index contributed by atoms with van der Waals surface area (Å²) >= 11 is 1.58. The molecule has 1 aromatic carbocycles. The minimum atomic E-state index is -0.240. The Labute approximate surface area is 134 Å². The van der Waals surface area contributed by atoms with Crippen LogP contribution >= 0.6 is 35.7 Å². The van der Waals surface area contributed by atoms with Gasteiger partial charge in [-0.3, -0.25) is 4.99 Å². The number of halogens is 2. The molecule has 0 aromatic heterocycles. The molecule has 0 unspecified atom stereocenters. The number of hydrogen-bond donors (Lipinski definition) is 2. The van der Waals surface area contributed by atoms with Crippen LogP contribution in [0.3, 0.4) is 0 Å². The third-order valence-corrected chi connectivity index (χ3v) is 3.11. The molecule has 6 heteroatoms. The fourth-order valence-corrected chi connectivity index (χ4v) is 2.02. The molecule has 2 N–H and O–H groups in total. The SMILES string of the molecule is C#CCNC(=NC)NCc1cc(F)ccc1SC.I. The first-order valence-electron chi connectivity index (χ1n) is 5.41. The van der Waals surface area contributed by atoms with Gasteiger partial charge in [-0.1, -0.05) is 5.92 Å². The third-order valence-electron chi connectivity index (χ3n) is 2.27. The lowest BCUT2D eigenvalue weighted by molar-refractivity contribution is 0.622. The number of terminal acetylenes is 1. The minimum Gasteiger partial charge on any atom is -0.352 e. The summed E-state index contributed by atoms with van der Waals surface area (Å²) in [5, 5.41) is 6.03. The normalized spacial score (nSPS) is 10.3. The third kappa shape index (κ3) is 6.16. The topological polar surface area (TPSA) is 36.4 Å². The molecule has 0 aliphatic rings. The maximum Gasteiger partial charge on any atom is 0.192 e. The van der Waals surface area contributed by atoms with E-state index in [4.69, 9.17) is 6.42 Å². The Morgan fingerprint density at radius 2 is 2.21 bits per heavy atom. The van der Waals surface area contributed by atoms with Gasteiger partial charge in [0, 0.05) is 18.5 Å². The number of thioether (sulfide) groups is 1. The fourth-order valence-electron chi connectivity index (χ4n) is 1.42. The first kappa shape index (κ1) is 18.1. The Kier molecular flexibility index (Phi) is 9.43. The molecule has 0 aliphatic heterocycles. The van der Waals surface area contributed by atoms with Crippen molar-refractivity contribution in [3.05, 3.63) is 29.6 Å². The van der Waals surface area contributed by atoms with E-state index in [-0.39, 0.29) is 29.8 Å². The number of rotatable bonds is 4. The largest absolute Gasteiger partial charge is 0.352 e. The van der Waals surface area contributed by atoms with Gasteiger partial charge in [-0.05, 0) is 30.0 Å². The van der Waals surface area contributed by atoms with E-state index >= 15 is 0 Å². The highest BCUT2D eigenvalue weighted by atomic mass is 127. The van der Waals surface area contributed by atoms with Crippen LogP contribution in [0.2, 0.25) is 0 Å². The van der Waals surface area contributed by atoms with Crippen molar-refractivity contribution in [2.45, 2.75) is 11.4 Å². The van der Waals surface area contributed by atoms with E-state index in [1.54, 1.807) is 24.9 Å².